The minimum absolute atomic E-state index is 0.253. The van der Waals surface area contributed by atoms with Crippen LogP contribution in [0.4, 0.5) is 5.69 Å². The highest BCUT2D eigenvalue weighted by atomic mass is 16.5. The molecule has 2 fully saturated rings. The average Bonchev–Trinajstić information content (AvgIpc) is 3.28. The molecule has 0 aliphatic heterocycles. The topological polar surface area (TPSA) is 38.3 Å². The Hall–Kier alpha value is -1.51. The minimum Gasteiger partial charge on any atom is -0.465 e. The maximum Gasteiger partial charge on any atom is 0.339 e. The van der Waals surface area contributed by atoms with Crippen molar-refractivity contribution in [2.24, 2.45) is 11.8 Å². The van der Waals surface area contributed by atoms with E-state index in [4.69, 9.17) is 4.74 Å². The van der Waals surface area contributed by atoms with Gasteiger partial charge in [0.05, 0.1) is 12.7 Å². The molecule has 0 heterocycles. The summed E-state index contributed by atoms with van der Waals surface area (Å²) >= 11 is 0. The van der Waals surface area contributed by atoms with Crippen LogP contribution in [0.1, 0.15) is 41.6 Å². The molecule has 3 rings (SSSR count). The van der Waals surface area contributed by atoms with E-state index in [1.165, 1.54) is 32.8 Å². The second-order valence-corrected chi connectivity index (χ2v) is 5.89. The average molecular weight is 259 g/mol. The quantitative estimate of drug-likeness (QED) is 0.824. The third-order valence-electron chi connectivity index (χ3n) is 4.16. The third-order valence-corrected chi connectivity index (χ3v) is 4.16. The summed E-state index contributed by atoms with van der Waals surface area (Å²) in [7, 11) is 1.44. The largest absolute Gasteiger partial charge is 0.465 e. The normalized spacial score (nSPS) is 18.5. The summed E-state index contributed by atoms with van der Waals surface area (Å²) in [4.78, 5) is 11.9. The molecule has 2 saturated carbocycles. The lowest BCUT2D eigenvalue weighted by atomic mass is 10.0. The number of anilines is 1. The fraction of sp³-hybridized carbons (Fsp3) is 0.562. The molecule has 0 unspecified atom stereocenters. The van der Waals surface area contributed by atoms with Gasteiger partial charge >= 0.3 is 5.97 Å². The Labute approximate surface area is 114 Å². The van der Waals surface area contributed by atoms with E-state index in [1.807, 2.05) is 25.1 Å². The van der Waals surface area contributed by atoms with Gasteiger partial charge in [-0.1, -0.05) is 11.6 Å². The van der Waals surface area contributed by atoms with E-state index in [1.54, 1.807) is 0 Å². The van der Waals surface area contributed by atoms with Crippen molar-refractivity contribution in [3.63, 3.8) is 0 Å². The Kier molecular flexibility index (Phi) is 3.21. The number of benzene rings is 1. The van der Waals surface area contributed by atoms with Crippen LogP contribution in [0.15, 0.2) is 18.2 Å². The third kappa shape index (κ3) is 2.75. The first-order valence-electron chi connectivity index (χ1n) is 7.14. The fourth-order valence-electron chi connectivity index (χ4n) is 2.77. The Morgan fingerprint density at radius 3 is 2.42 bits per heavy atom. The van der Waals surface area contributed by atoms with Gasteiger partial charge in [0.15, 0.2) is 0 Å². The van der Waals surface area contributed by atoms with Gasteiger partial charge in [-0.2, -0.15) is 0 Å². The van der Waals surface area contributed by atoms with Crippen molar-refractivity contribution in [2.45, 2.75) is 38.6 Å². The van der Waals surface area contributed by atoms with Gasteiger partial charge in [0, 0.05) is 11.7 Å². The number of ether oxygens (including phenoxy) is 1. The maximum atomic E-state index is 11.9. The highest BCUT2D eigenvalue weighted by Gasteiger charge is 2.41. The molecule has 0 saturated heterocycles. The summed E-state index contributed by atoms with van der Waals surface area (Å²) in [6, 6.07) is 6.52. The molecule has 0 atom stereocenters. The van der Waals surface area contributed by atoms with E-state index in [0.29, 0.717) is 11.6 Å². The standard InChI is InChI=1S/C16H21NO2/c1-10-3-8-14(13(9-10)16(18)19-2)17-15(11-4-5-11)12-6-7-12/h3,8-9,11-12,15,17H,4-7H2,1-2H3. The summed E-state index contributed by atoms with van der Waals surface area (Å²) in [6.07, 6.45) is 5.31. The van der Waals surface area contributed by atoms with Crippen molar-refractivity contribution < 1.29 is 9.53 Å². The Balaban J connectivity index is 1.84. The van der Waals surface area contributed by atoms with Gasteiger partial charge in [-0.3, -0.25) is 0 Å². The molecule has 102 valence electrons. The molecule has 2 aliphatic carbocycles. The van der Waals surface area contributed by atoms with Crippen LogP contribution in [0.2, 0.25) is 0 Å². The van der Waals surface area contributed by atoms with Gasteiger partial charge in [-0.05, 0) is 56.6 Å². The second-order valence-electron chi connectivity index (χ2n) is 5.89. The number of esters is 1. The van der Waals surface area contributed by atoms with Gasteiger partial charge in [0.25, 0.3) is 0 Å². The number of nitrogens with one attached hydrogen (secondary N) is 1. The van der Waals surface area contributed by atoms with E-state index in [0.717, 1.165) is 23.1 Å². The number of aryl methyl sites for hydroxylation is 1. The first kappa shape index (κ1) is 12.5. The molecular formula is C16H21NO2. The predicted octanol–water partition coefficient (Wildman–Crippen LogP) is 3.38. The van der Waals surface area contributed by atoms with Crippen molar-refractivity contribution in [2.75, 3.05) is 12.4 Å². The molecule has 19 heavy (non-hydrogen) atoms. The van der Waals surface area contributed by atoms with Crippen LogP contribution in [-0.2, 0) is 4.74 Å². The first-order chi connectivity index (χ1) is 9.19. The first-order valence-corrected chi connectivity index (χ1v) is 7.14. The van der Waals surface area contributed by atoms with Crippen LogP contribution in [0.5, 0.6) is 0 Å². The highest BCUT2D eigenvalue weighted by molar-refractivity contribution is 5.95. The molecule has 3 heteroatoms. The summed E-state index contributed by atoms with van der Waals surface area (Å²) in [5.41, 5.74) is 2.68. The van der Waals surface area contributed by atoms with Gasteiger partial charge in [-0.25, -0.2) is 4.79 Å². The Morgan fingerprint density at radius 1 is 1.26 bits per heavy atom. The van der Waals surface area contributed by atoms with E-state index in [9.17, 15) is 4.79 Å². The summed E-state index contributed by atoms with van der Waals surface area (Å²) in [5.74, 6) is 1.36. The van der Waals surface area contributed by atoms with Crippen LogP contribution < -0.4 is 5.32 Å². The molecule has 0 aromatic heterocycles. The van der Waals surface area contributed by atoms with Crippen LogP contribution in [0.25, 0.3) is 0 Å². The number of rotatable bonds is 5. The molecule has 1 aromatic carbocycles. The lowest BCUT2D eigenvalue weighted by Gasteiger charge is -2.21. The number of carbonyl (C=O) groups is 1. The van der Waals surface area contributed by atoms with Crippen LogP contribution in [0.3, 0.4) is 0 Å². The van der Waals surface area contributed by atoms with Crippen molar-refractivity contribution in [1.82, 2.24) is 0 Å². The predicted molar refractivity (Wildman–Crippen MR) is 75.4 cm³/mol. The van der Waals surface area contributed by atoms with Gasteiger partial charge in [0.1, 0.15) is 0 Å². The highest BCUT2D eigenvalue weighted by Crippen LogP contribution is 2.46. The van der Waals surface area contributed by atoms with Gasteiger partial charge in [0.2, 0.25) is 0 Å². The van der Waals surface area contributed by atoms with Crippen molar-refractivity contribution in [3.05, 3.63) is 29.3 Å². The van der Waals surface area contributed by atoms with Crippen LogP contribution >= 0.6 is 0 Å². The molecule has 0 spiro atoms. The number of methoxy groups -OCH3 is 1. The molecular weight excluding hydrogens is 238 g/mol. The van der Waals surface area contributed by atoms with Crippen LogP contribution in [-0.4, -0.2) is 19.1 Å². The Bertz CT molecular complexity index is 478. The minimum atomic E-state index is -0.253. The molecule has 2 aliphatic rings. The van der Waals surface area contributed by atoms with E-state index in [-0.39, 0.29) is 5.97 Å². The van der Waals surface area contributed by atoms with E-state index >= 15 is 0 Å². The van der Waals surface area contributed by atoms with Gasteiger partial charge in [-0.15, -0.1) is 0 Å². The van der Waals surface area contributed by atoms with Crippen molar-refractivity contribution in [1.29, 1.82) is 0 Å². The van der Waals surface area contributed by atoms with Crippen LogP contribution in [0, 0.1) is 18.8 Å². The molecule has 0 radical (unpaired) electrons. The summed E-state index contributed by atoms with van der Waals surface area (Å²) in [5, 5.41) is 3.61. The monoisotopic (exact) mass is 259 g/mol. The van der Waals surface area contributed by atoms with E-state index in [2.05, 4.69) is 5.32 Å². The lowest BCUT2D eigenvalue weighted by molar-refractivity contribution is 0.0601. The molecule has 3 nitrogen and oxygen atoms in total. The maximum absolute atomic E-state index is 11.9. The zero-order chi connectivity index (χ0) is 13.4. The molecule has 1 aromatic rings. The SMILES string of the molecule is COC(=O)c1cc(C)ccc1NC(C1CC1)C1CC1. The number of carbonyl (C=O) groups excluding carboxylic acids is 1. The lowest BCUT2D eigenvalue weighted by Crippen LogP contribution is -2.25. The Morgan fingerprint density at radius 2 is 1.89 bits per heavy atom. The van der Waals surface area contributed by atoms with Crippen molar-refractivity contribution in [3.8, 4) is 0 Å². The smallest absolute Gasteiger partial charge is 0.339 e. The zero-order valence-electron chi connectivity index (χ0n) is 11.6. The van der Waals surface area contributed by atoms with Gasteiger partial charge < -0.3 is 10.1 Å². The number of hydrogen-bond acceptors (Lipinski definition) is 3. The molecule has 0 bridgehead atoms. The van der Waals surface area contributed by atoms with Crippen molar-refractivity contribution >= 4 is 11.7 Å². The molecule has 1 N–H and O–H groups in total. The summed E-state index contributed by atoms with van der Waals surface area (Å²) in [6.45, 7) is 2.00. The second kappa shape index (κ2) is 4.87. The number of hydrogen-bond donors (Lipinski definition) is 1. The zero-order valence-corrected chi connectivity index (χ0v) is 11.6. The molecule has 0 amide bonds. The summed E-state index contributed by atoms with van der Waals surface area (Å²) < 4.78 is 4.89. The fourth-order valence-corrected chi connectivity index (χ4v) is 2.77. The van der Waals surface area contributed by atoms with E-state index < -0.39 is 0 Å².